The van der Waals surface area contributed by atoms with Gasteiger partial charge in [-0.2, -0.15) is 0 Å². The van der Waals surface area contributed by atoms with E-state index in [0.717, 1.165) is 5.56 Å². The lowest BCUT2D eigenvalue weighted by atomic mass is 10.3. The molecule has 0 atom stereocenters. The van der Waals surface area contributed by atoms with E-state index < -0.39 is 0 Å². The SMILES string of the molecule is COCCNC(=S)N(Cc1cccnc1)C(=N)N. The average molecular weight is 267 g/mol. The van der Waals surface area contributed by atoms with E-state index in [9.17, 15) is 0 Å². The summed E-state index contributed by atoms with van der Waals surface area (Å²) in [5.74, 6) is -0.103. The van der Waals surface area contributed by atoms with Crippen molar-refractivity contribution >= 4 is 23.3 Å². The molecule has 1 heterocycles. The minimum absolute atomic E-state index is 0.103. The molecule has 18 heavy (non-hydrogen) atoms. The van der Waals surface area contributed by atoms with Gasteiger partial charge >= 0.3 is 0 Å². The van der Waals surface area contributed by atoms with E-state index in [1.807, 2.05) is 12.1 Å². The first-order valence-corrected chi connectivity index (χ1v) is 5.83. The van der Waals surface area contributed by atoms with Crippen LogP contribution >= 0.6 is 12.2 Å². The fraction of sp³-hybridized carbons (Fsp3) is 0.364. The standard InChI is InChI=1S/C11H17N5OS/c1-17-6-5-15-11(18)16(10(12)13)8-9-3-2-4-14-7-9/h2-4,7H,5-6,8H2,1H3,(H3,12,13)(H,15,18). The lowest BCUT2D eigenvalue weighted by Crippen LogP contribution is -2.46. The summed E-state index contributed by atoms with van der Waals surface area (Å²) in [5, 5.41) is 10.9. The Labute approximate surface area is 112 Å². The van der Waals surface area contributed by atoms with E-state index >= 15 is 0 Å². The van der Waals surface area contributed by atoms with Crippen molar-refractivity contribution in [3.8, 4) is 0 Å². The second-order valence-corrected chi connectivity index (χ2v) is 3.94. The summed E-state index contributed by atoms with van der Waals surface area (Å²) in [6.07, 6.45) is 3.41. The van der Waals surface area contributed by atoms with Crippen molar-refractivity contribution < 1.29 is 4.74 Å². The number of nitrogens with one attached hydrogen (secondary N) is 2. The van der Waals surface area contributed by atoms with Gasteiger partial charge in [0.05, 0.1) is 13.2 Å². The molecule has 0 unspecified atom stereocenters. The molecular formula is C11H17N5OS. The molecule has 0 saturated heterocycles. The number of nitrogens with two attached hydrogens (primary N) is 1. The second-order valence-electron chi connectivity index (χ2n) is 3.56. The van der Waals surface area contributed by atoms with E-state index in [1.165, 1.54) is 4.90 Å². The van der Waals surface area contributed by atoms with Gasteiger partial charge in [0.15, 0.2) is 11.1 Å². The maximum Gasteiger partial charge on any atom is 0.195 e. The van der Waals surface area contributed by atoms with Gasteiger partial charge in [-0.25, -0.2) is 0 Å². The Morgan fingerprint density at radius 1 is 1.67 bits per heavy atom. The molecule has 0 aliphatic heterocycles. The predicted molar refractivity (Wildman–Crippen MR) is 74.2 cm³/mol. The summed E-state index contributed by atoms with van der Waals surface area (Å²) in [5.41, 5.74) is 6.45. The Balaban J connectivity index is 2.60. The molecule has 6 nitrogen and oxygen atoms in total. The lowest BCUT2D eigenvalue weighted by Gasteiger charge is -2.23. The Morgan fingerprint density at radius 3 is 3.00 bits per heavy atom. The minimum atomic E-state index is -0.103. The Bertz CT molecular complexity index is 398. The zero-order valence-corrected chi connectivity index (χ0v) is 11.0. The maximum absolute atomic E-state index is 7.54. The summed E-state index contributed by atoms with van der Waals surface area (Å²) < 4.78 is 4.92. The third kappa shape index (κ3) is 4.64. The number of guanidine groups is 1. The molecule has 1 aromatic heterocycles. The molecular weight excluding hydrogens is 250 g/mol. The Hall–Kier alpha value is -1.73. The first-order chi connectivity index (χ1) is 8.65. The highest BCUT2D eigenvalue weighted by atomic mass is 32.1. The van der Waals surface area contributed by atoms with Gasteiger partial charge < -0.3 is 15.8 Å². The summed E-state index contributed by atoms with van der Waals surface area (Å²) >= 11 is 5.18. The van der Waals surface area contributed by atoms with Crippen molar-refractivity contribution in [2.45, 2.75) is 6.54 Å². The van der Waals surface area contributed by atoms with E-state index in [0.29, 0.717) is 24.8 Å². The number of ether oxygens (including phenoxy) is 1. The molecule has 0 amide bonds. The van der Waals surface area contributed by atoms with Crippen molar-refractivity contribution in [1.29, 1.82) is 5.41 Å². The van der Waals surface area contributed by atoms with Gasteiger partial charge in [-0.1, -0.05) is 6.07 Å². The fourth-order valence-electron chi connectivity index (χ4n) is 1.30. The molecule has 0 saturated carbocycles. The maximum atomic E-state index is 7.54. The molecule has 1 aromatic rings. The first-order valence-electron chi connectivity index (χ1n) is 5.42. The van der Waals surface area contributed by atoms with E-state index in [2.05, 4.69) is 10.3 Å². The number of pyridine rings is 1. The topological polar surface area (TPSA) is 87.3 Å². The molecule has 0 fully saturated rings. The lowest BCUT2D eigenvalue weighted by molar-refractivity contribution is 0.203. The molecule has 0 spiro atoms. The quantitative estimate of drug-likeness (QED) is 0.308. The summed E-state index contributed by atoms with van der Waals surface area (Å²) in [4.78, 5) is 5.51. The van der Waals surface area contributed by atoms with E-state index in [4.69, 9.17) is 28.1 Å². The molecule has 0 bridgehead atoms. The van der Waals surface area contributed by atoms with Gasteiger partial charge in [0.1, 0.15) is 0 Å². The van der Waals surface area contributed by atoms with Gasteiger partial charge in [0.25, 0.3) is 0 Å². The van der Waals surface area contributed by atoms with Gasteiger partial charge in [-0.05, 0) is 23.8 Å². The predicted octanol–water partition coefficient (Wildman–Crippen LogP) is 0.298. The van der Waals surface area contributed by atoms with Crippen LogP contribution in [0.25, 0.3) is 0 Å². The van der Waals surface area contributed by atoms with Crippen LogP contribution in [-0.4, -0.2) is 41.2 Å². The highest BCUT2D eigenvalue weighted by Crippen LogP contribution is 2.02. The summed E-state index contributed by atoms with van der Waals surface area (Å²) in [6, 6.07) is 3.73. The third-order valence-electron chi connectivity index (χ3n) is 2.18. The van der Waals surface area contributed by atoms with Crippen LogP contribution in [0.15, 0.2) is 24.5 Å². The van der Waals surface area contributed by atoms with Crippen LogP contribution in [-0.2, 0) is 11.3 Å². The molecule has 0 aliphatic rings. The van der Waals surface area contributed by atoms with E-state index in [1.54, 1.807) is 19.5 Å². The van der Waals surface area contributed by atoms with Crippen LogP contribution < -0.4 is 11.1 Å². The number of rotatable bonds is 5. The van der Waals surface area contributed by atoms with Crippen LogP contribution in [0.4, 0.5) is 0 Å². The Morgan fingerprint density at radius 2 is 2.44 bits per heavy atom. The van der Waals surface area contributed by atoms with Crippen molar-refractivity contribution in [3.63, 3.8) is 0 Å². The number of nitrogens with zero attached hydrogens (tertiary/aromatic N) is 2. The van der Waals surface area contributed by atoms with Crippen LogP contribution in [0.2, 0.25) is 0 Å². The molecule has 1 rings (SSSR count). The van der Waals surface area contributed by atoms with Crippen LogP contribution in [0.5, 0.6) is 0 Å². The van der Waals surface area contributed by atoms with Gasteiger partial charge in [0, 0.05) is 26.0 Å². The van der Waals surface area contributed by atoms with Gasteiger partial charge in [-0.15, -0.1) is 0 Å². The smallest absolute Gasteiger partial charge is 0.195 e. The largest absolute Gasteiger partial charge is 0.383 e. The van der Waals surface area contributed by atoms with Crippen molar-refractivity contribution in [3.05, 3.63) is 30.1 Å². The summed E-state index contributed by atoms with van der Waals surface area (Å²) in [7, 11) is 1.61. The molecule has 0 aromatic carbocycles. The second kappa shape index (κ2) is 7.57. The van der Waals surface area contributed by atoms with Gasteiger partial charge in [0.2, 0.25) is 0 Å². The Kier molecular flexibility index (Phi) is 6.03. The summed E-state index contributed by atoms with van der Waals surface area (Å²) in [6.45, 7) is 1.53. The first kappa shape index (κ1) is 14.3. The van der Waals surface area contributed by atoms with Crippen LogP contribution in [0, 0.1) is 5.41 Å². The van der Waals surface area contributed by atoms with Crippen LogP contribution in [0.3, 0.4) is 0 Å². The van der Waals surface area contributed by atoms with Crippen LogP contribution in [0.1, 0.15) is 5.56 Å². The average Bonchev–Trinajstić information content (AvgIpc) is 2.37. The van der Waals surface area contributed by atoms with Crippen molar-refractivity contribution in [2.24, 2.45) is 5.73 Å². The molecule has 7 heteroatoms. The fourth-order valence-corrected chi connectivity index (χ4v) is 1.56. The number of thiocarbonyl (C=S) groups is 1. The number of aromatic nitrogens is 1. The van der Waals surface area contributed by atoms with Crippen molar-refractivity contribution in [1.82, 2.24) is 15.2 Å². The minimum Gasteiger partial charge on any atom is -0.383 e. The number of hydrogen-bond donors (Lipinski definition) is 3. The normalized spacial score (nSPS) is 9.83. The molecule has 0 radical (unpaired) electrons. The third-order valence-corrected chi connectivity index (χ3v) is 2.55. The zero-order valence-electron chi connectivity index (χ0n) is 10.2. The zero-order chi connectivity index (χ0) is 13.4. The molecule has 0 aliphatic carbocycles. The molecule has 98 valence electrons. The van der Waals surface area contributed by atoms with E-state index in [-0.39, 0.29) is 5.96 Å². The number of hydrogen-bond acceptors (Lipinski definition) is 4. The molecule has 4 N–H and O–H groups in total. The monoisotopic (exact) mass is 267 g/mol. The highest BCUT2D eigenvalue weighted by molar-refractivity contribution is 7.80. The van der Waals surface area contributed by atoms with Crippen molar-refractivity contribution in [2.75, 3.05) is 20.3 Å². The highest BCUT2D eigenvalue weighted by Gasteiger charge is 2.12. The van der Waals surface area contributed by atoms with Gasteiger partial charge in [-0.3, -0.25) is 15.3 Å². The number of methoxy groups -OCH3 is 1.